The summed E-state index contributed by atoms with van der Waals surface area (Å²) in [6.07, 6.45) is 54.9. The lowest BCUT2D eigenvalue weighted by atomic mass is 10.0. The molecule has 2 atom stereocenters. The number of aliphatic hydroxyl groups is 2. The zero-order valence-corrected chi connectivity index (χ0v) is 31.7. The molecule has 278 valence electrons. The van der Waals surface area contributed by atoms with Gasteiger partial charge in [0.1, 0.15) is 0 Å². The van der Waals surface area contributed by atoms with Crippen LogP contribution in [0.4, 0.5) is 0 Å². The number of nitrogens with one attached hydrogen (secondary N) is 1. The second kappa shape index (κ2) is 39.5. The van der Waals surface area contributed by atoms with Crippen molar-refractivity contribution in [2.24, 2.45) is 0 Å². The Morgan fingerprint density at radius 1 is 0.500 bits per heavy atom. The summed E-state index contributed by atoms with van der Waals surface area (Å²) in [4.78, 5) is 12.3. The van der Waals surface area contributed by atoms with Crippen LogP contribution in [-0.4, -0.2) is 34.9 Å². The van der Waals surface area contributed by atoms with Gasteiger partial charge < -0.3 is 15.5 Å². The van der Waals surface area contributed by atoms with E-state index in [9.17, 15) is 15.0 Å². The first-order chi connectivity index (χ1) is 23.7. The predicted molar refractivity (Wildman–Crippen MR) is 211 cm³/mol. The topological polar surface area (TPSA) is 69.6 Å². The number of amides is 1. The van der Waals surface area contributed by atoms with Crippen molar-refractivity contribution in [3.63, 3.8) is 0 Å². The largest absolute Gasteiger partial charge is 0.394 e. The quantitative estimate of drug-likeness (QED) is 0.0459. The Morgan fingerprint density at radius 2 is 0.917 bits per heavy atom. The van der Waals surface area contributed by atoms with Crippen LogP contribution in [0.25, 0.3) is 0 Å². The molecule has 0 fully saturated rings. The number of carbonyl (C=O) groups is 1. The van der Waals surface area contributed by atoms with Gasteiger partial charge in [-0.1, -0.05) is 184 Å². The van der Waals surface area contributed by atoms with Gasteiger partial charge >= 0.3 is 0 Å². The summed E-state index contributed by atoms with van der Waals surface area (Å²) in [6, 6.07) is -0.637. The normalized spacial score (nSPS) is 13.7. The van der Waals surface area contributed by atoms with Gasteiger partial charge in [0.05, 0.1) is 18.8 Å². The van der Waals surface area contributed by atoms with E-state index in [2.05, 4.69) is 67.8 Å². The molecule has 0 rings (SSSR count). The molecule has 4 nitrogen and oxygen atoms in total. The summed E-state index contributed by atoms with van der Waals surface area (Å²) >= 11 is 0. The average molecular weight is 670 g/mol. The molecule has 0 aliphatic rings. The minimum absolute atomic E-state index is 0.0817. The van der Waals surface area contributed by atoms with Crippen LogP contribution in [-0.2, 0) is 4.79 Å². The molecule has 0 bridgehead atoms. The van der Waals surface area contributed by atoms with Crippen molar-refractivity contribution < 1.29 is 15.0 Å². The lowest BCUT2D eigenvalue weighted by Crippen LogP contribution is -2.45. The van der Waals surface area contributed by atoms with E-state index in [-0.39, 0.29) is 12.5 Å². The Morgan fingerprint density at radius 3 is 1.42 bits per heavy atom. The van der Waals surface area contributed by atoms with Gasteiger partial charge in [-0.2, -0.15) is 0 Å². The molecule has 2 unspecified atom stereocenters. The molecule has 0 radical (unpaired) electrons. The van der Waals surface area contributed by atoms with Crippen molar-refractivity contribution >= 4 is 5.91 Å². The summed E-state index contributed by atoms with van der Waals surface area (Å²) in [6.45, 7) is 4.17. The third kappa shape index (κ3) is 35.4. The Labute approximate surface area is 298 Å². The van der Waals surface area contributed by atoms with Crippen LogP contribution in [0.3, 0.4) is 0 Å². The fraction of sp³-hybridized carbons (Fsp3) is 0.750. The Bertz CT molecular complexity index is 812. The summed E-state index contributed by atoms with van der Waals surface area (Å²) < 4.78 is 0. The van der Waals surface area contributed by atoms with E-state index in [4.69, 9.17) is 0 Å². The number of unbranched alkanes of at least 4 members (excludes halogenated alkanes) is 21. The van der Waals surface area contributed by atoms with Gasteiger partial charge in [0.15, 0.2) is 0 Å². The molecule has 0 heterocycles. The van der Waals surface area contributed by atoms with Crippen LogP contribution in [0.5, 0.6) is 0 Å². The summed E-state index contributed by atoms with van der Waals surface area (Å²) in [5.41, 5.74) is 0. The standard InChI is InChI=1S/C44H79NO3/c1-3-5-7-9-11-12-13-14-15-16-17-18-19-20-21-22-23-24-25-26-27-28-29-30-31-32-34-36-38-40-44(48)45-42(41-46)43(47)39-37-35-33-10-8-6-4-2/h8,10,13-14,16-17,19-20,37,39,42-43,46-47H,3-7,9,11-12,15,18,21-36,38,40-41H2,1-2H3,(H,45,48)/b10-8+,14-13-,17-16-,20-19-,39-37+. The second-order valence-corrected chi connectivity index (χ2v) is 13.7. The molecule has 1 amide bonds. The minimum atomic E-state index is -0.860. The molecule has 0 saturated carbocycles. The fourth-order valence-corrected chi connectivity index (χ4v) is 5.80. The highest BCUT2D eigenvalue weighted by Crippen LogP contribution is 2.14. The molecule has 0 aromatic carbocycles. The molecule has 0 aliphatic carbocycles. The van der Waals surface area contributed by atoms with Crippen LogP contribution < -0.4 is 5.32 Å². The Hall–Kier alpha value is -1.91. The molecule has 0 aliphatic heterocycles. The van der Waals surface area contributed by atoms with E-state index in [1.165, 1.54) is 122 Å². The van der Waals surface area contributed by atoms with E-state index in [0.29, 0.717) is 6.42 Å². The Kier molecular flexibility index (Phi) is 38.0. The first kappa shape index (κ1) is 46.1. The third-order valence-electron chi connectivity index (χ3n) is 8.95. The van der Waals surface area contributed by atoms with Crippen molar-refractivity contribution in [3.8, 4) is 0 Å². The van der Waals surface area contributed by atoms with E-state index in [1.807, 2.05) is 6.08 Å². The SMILES string of the molecule is CCC/C=C/CC/C=C/C(O)C(CO)NC(=O)CCCCCCCCCCCCCCCC/C=C\C/C=C\C/C=C\CCCCCCC. The van der Waals surface area contributed by atoms with Crippen molar-refractivity contribution in [3.05, 3.63) is 60.8 Å². The maximum Gasteiger partial charge on any atom is 0.220 e. The molecular formula is C44H79NO3. The van der Waals surface area contributed by atoms with Crippen LogP contribution in [0.15, 0.2) is 60.8 Å². The first-order valence-corrected chi connectivity index (χ1v) is 20.5. The molecule has 0 aromatic heterocycles. The molecule has 0 saturated heterocycles. The molecule has 3 N–H and O–H groups in total. The highest BCUT2D eigenvalue weighted by molar-refractivity contribution is 5.76. The van der Waals surface area contributed by atoms with Gasteiger partial charge in [-0.15, -0.1) is 0 Å². The van der Waals surface area contributed by atoms with Crippen molar-refractivity contribution in [1.29, 1.82) is 0 Å². The molecule has 0 aromatic rings. The number of aliphatic hydroxyl groups excluding tert-OH is 2. The smallest absolute Gasteiger partial charge is 0.220 e. The van der Waals surface area contributed by atoms with Crippen molar-refractivity contribution in [2.45, 2.75) is 206 Å². The second-order valence-electron chi connectivity index (χ2n) is 13.7. The number of hydrogen-bond acceptors (Lipinski definition) is 3. The van der Waals surface area contributed by atoms with Gasteiger partial charge in [-0.3, -0.25) is 4.79 Å². The van der Waals surface area contributed by atoms with Gasteiger partial charge in [-0.05, 0) is 64.2 Å². The van der Waals surface area contributed by atoms with Gasteiger partial charge in [-0.25, -0.2) is 0 Å². The van der Waals surface area contributed by atoms with E-state index >= 15 is 0 Å². The van der Waals surface area contributed by atoms with Crippen molar-refractivity contribution in [1.82, 2.24) is 5.32 Å². The highest BCUT2D eigenvalue weighted by atomic mass is 16.3. The predicted octanol–water partition coefficient (Wildman–Crippen LogP) is 12.6. The molecule has 0 spiro atoms. The summed E-state index contributed by atoms with van der Waals surface area (Å²) in [7, 11) is 0. The average Bonchev–Trinajstić information content (AvgIpc) is 3.09. The minimum Gasteiger partial charge on any atom is -0.394 e. The van der Waals surface area contributed by atoms with E-state index in [0.717, 1.165) is 51.4 Å². The van der Waals surface area contributed by atoms with Crippen LogP contribution in [0.2, 0.25) is 0 Å². The fourth-order valence-electron chi connectivity index (χ4n) is 5.80. The summed E-state index contributed by atoms with van der Waals surface area (Å²) in [5.74, 6) is -0.0817. The number of allylic oxidation sites excluding steroid dienone is 9. The lowest BCUT2D eigenvalue weighted by molar-refractivity contribution is -0.123. The molecular weight excluding hydrogens is 590 g/mol. The van der Waals surface area contributed by atoms with Gasteiger partial charge in [0.2, 0.25) is 5.91 Å². The van der Waals surface area contributed by atoms with Crippen LogP contribution in [0, 0.1) is 0 Å². The van der Waals surface area contributed by atoms with Crippen molar-refractivity contribution in [2.75, 3.05) is 6.61 Å². The molecule has 4 heteroatoms. The Balaban J connectivity index is 3.48. The summed E-state index contributed by atoms with van der Waals surface area (Å²) in [5, 5.41) is 22.7. The third-order valence-corrected chi connectivity index (χ3v) is 8.95. The molecule has 48 heavy (non-hydrogen) atoms. The van der Waals surface area contributed by atoms with Crippen LogP contribution in [0.1, 0.15) is 194 Å². The zero-order valence-electron chi connectivity index (χ0n) is 31.7. The highest BCUT2D eigenvalue weighted by Gasteiger charge is 2.17. The van der Waals surface area contributed by atoms with Crippen LogP contribution >= 0.6 is 0 Å². The maximum atomic E-state index is 12.3. The number of carbonyl (C=O) groups excluding carboxylic acids is 1. The lowest BCUT2D eigenvalue weighted by Gasteiger charge is -2.19. The van der Waals surface area contributed by atoms with E-state index < -0.39 is 12.1 Å². The van der Waals surface area contributed by atoms with Gasteiger partial charge in [0.25, 0.3) is 0 Å². The number of hydrogen-bond donors (Lipinski definition) is 3. The zero-order chi connectivity index (χ0) is 35.0. The van der Waals surface area contributed by atoms with Gasteiger partial charge in [0, 0.05) is 6.42 Å². The maximum absolute atomic E-state index is 12.3. The monoisotopic (exact) mass is 670 g/mol. The number of rotatable bonds is 36. The first-order valence-electron chi connectivity index (χ1n) is 20.5. The van der Waals surface area contributed by atoms with E-state index in [1.54, 1.807) is 6.08 Å².